The van der Waals surface area contributed by atoms with E-state index in [9.17, 15) is 13.2 Å². The molecule has 1 amide bonds. The topological polar surface area (TPSA) is 102 Å². The molecule has 2 atom stereocenters. The lowest BCUT2D eigenvalue weighted by molar-refractivity contribution is -0.126. The second-order valence-electron chi connectivity index (χ2n) is 5.69. The highest BCUT2D eigenvalue weighted by Gasteiger charge is 2.34. The number of nitrogens with two attached hydrogens (primary N) is 1. The van der Waals surface area contributed by atoms with Crippen molar-refractivity contribution in [2.24, 2.45) is 11.7 Å². The first-order valence-corrected chi connectivity index (χ1v) is 9.21. The predicted octanol–water partition coefficient (Wildman–Crippen LogP) is -0.296. The van der Waals surface area contributed by atoms with Gasteiger partial charge in [-0.05, 0) is 25.7 Å². The van der Waals surface area contributed by atoms with Gasteiger partial charge in [-0.3, -0.25) is 4.79 Å². The smallest absolute Gasteiger partial charge is 0.224 e. The number of nitrogens with one attached hydrogen (secondary N) is 1. The van der Waals surface area contributed by atoms with Crippen molar-refractivity contribution >= 4 is 28.3 Å². The Balaban J connectivity index is 0.00000242. The second-order valence-corrected chi connectivity index (χ2v) is 7.70. The molecule has 0 spiro atoms. The molecule has 0 aromatic rings. The van der Waals surface area contributed by atoms with Gasteiger partial charge in [-0.15, -0.1) is 12.4 Å². The van der Waals surface area contributed by atoms with Gasteiger partial charge >= 0.3 is 0 Å². The van der Waals surface area contributed by atoms with E-state index in [0.717, 1.165) is 19.3 Å². The Labute approximate surface area is 138 Å². The average molecular weight is 356 g/mol. The van der Waals surface area contributed by atoms with Gasteiger partial charge in [-0.1, -0.05) is 0 Å². The molecule has 0 aliphatic carbocycles. The molecule has 3 N–H and O–H groups in total. The van der Waals surface area contributed by atoms with Crippen LogP contribution in [-0.2, 0) is 19.6 Å². The fourth-order valence-corrected chi connectivity index (χ4v) is 4.62. The number of rotatable bonds is 6. The second kappa shape index (κ2) is 9.02. The zero-order valence-corrected chi connectivity index (χ0v) is 14.3. The predicted molar refractivity (Wildman–Crippen MR) is 86.4 cm³/mol. The third-order valence-electron chi connectivity index (χ3n) is 4.01. The molecule has 0 radical (unpaired) electrons. The molecule has 2 aliphatic heterocycles. The molecule has 130 valence electrons. The van der Waals surface area contributed by atoms with E-state index in [1.165, 1.54) is 4.31 Å². The van der Waals surface area contributed by atoms with Crippen LogP contribution in [0, 0.1) is 5.92 Å². The van der Waals surface area contributed by atoms with Gasteiger partial charge in [-0.2, -0.15) is 0 Å². The molecule has 9 heteroatoms. The van der Waals surface area contributed by atoms with E-state index in [0.29, 0.717) is 32.7 Å². The third-order valence-corrected chi connectivity index (χ3v) is 5.92. The molecular formula is C13H26ClN3O4S. The number of amides is 1. The molecule has 7 nitrogen and oxygen atoms in total. The molecule has 0 saturated carbocycles. The molecule has 0 aromatic carbocycles. The maximum atomic E-state index is 12.4. The highest BCUT2D eigenvalue weighted by atomic mass is 35.5. The summed E-state index contributed by atoms with van der Waals surface area (Å²) in [4.78, 5) is 12.0. The monoisotopic (exact) mass is 355 g/mol. The van der Waals surface area contributed by atoms with Crippen molar-refractivity contribution in [1.29, 1.82) is 0 Å². The number of nitrogens with zero attached hydrogens (tertiary/aromatic N) is 1. The molecule has 2 aliphatic rings. The quantitative estimate of drug-likeness (QED) is 0.681. The summed E-state index contributed by atoms with van der Waals surface area (Å²) in [5.41, 5.74) is 5.36. The highest BCUT2D eigenvalue weighted by Crippen LogP contribution is 2.22. The van der Waals surface area contributed by atoms with Crippen LogP contribution in [0.1, 0.15) is 25.7 Å². The maximum Gasteiger partial charge on any atom is 0.224 e. The molecule has 2 saturated heterocycles. The molecule has 2 rings (SSSR count). The Bertz CT molecular complexity index is 454. The Kier molecular flexibility index (Phi) is 8.06. The number of hydrogen-bond acceptors (Lipinski definition) is 5. The van der Waals surface area contributed by atoms with Crippen molar-refractivity contribution in [3.05, 3.63) is 0 Å². The number of ether oxygens (including phenoxy) is 1. The van der Waals surface area contributed by atoms with Gasteiger partial charge in [0.05, 0.1) is 17.8 Å². The van der Waals surface area contributed by atoms with Gasteiger partial charge < -0.3 is 15.8 Å². The maximum absolute atomic E-state index is 12.4. The van der Waals surface area contributed by atoms with Crippen molar-refractivity contribution in [1.82, 2.24) is 9.62 Å². The number of sulfonamides is 1. The normalized spacial score (nSPS) is 26.4. The lowest BCUT2D eigenvalue weighted by atomic mass is 9.99. The van der Waals surface area contributed by atoms with Gasteiger partial charge in [0.15, 0.2) is 0 Å². The van der Waals surface area contributed by atoms with Crippen LogP contribution in [0.4, 0.5) is 0 Å². The van der Waals surface area contributed by atoms with Gasteiger partial charge in [-0.25, -0.2) is 12.7 Å². The Hall–Kier alpha value is -0.410. The summed E-state index contributed by atoms with van der Waals surface area (Å²) < 4.78 is 31.7. The zero-order valence-electron chi connectivity index (χ0n) is 12.7. The van der Waals surface area contributed by atoms with Gasteiger partial charge in [0.25, 0.3) is 0 Å². The number of carbonyl (C=O) groups is 1. The molecule has 2 unspecified atom stereocenters. The Morgan fingerprint density at radius 1 is 1.32 bits per heavy atom. The number of halogens is 1. The summed E-state index contributed by atoms with van der Waals surface area (Å²) in [5, 5.41) is 2.74. The molecular weight excluding hydrogens is 330 g/mol. The van der Waals surface area contributed by atoms with Crippen molar-refractivity contribution in [3.63, 3.8) is 0 Å². The van der Waals surface area contributed by atoms with E-state index < -0.39 is 10.0 Å². The minimum Gasteiger partial charge on any atom is -0.377 e. The van der Waals surface area contributed by atoms with Crippen molar-refractivity contribution in [2.45, 2.75) is 31.8 Å². The minimum absolute atomic E-state index is 0. The van der Waals surface area contributed by atoms with Crippen LogP contribution in [0.2, 0.25) is 0 Å². The standard InChI is InChI=1S/C13H25N3O4S.ClH/c14-5-6-15-13(17)11-3-1-7-16(9-11)21(18,19)10-12-4-2-8-20-12;/h11-12H,1-10,14H2,(H,15,17);1H. The van der Waals surface area contributed by atoms with Crippen LogP contribution in [0.15, 0.2) is 0 Å². The molecule has 0 bridgehead atoms. The summed E-state index contributed by atoms with van der Waals surface area (Å²) in [6.07, 6.45) is 2.97. The SMILES string of the molecule is Cl.NCCNC(=O)C1CCCN(S(=O)(=O)CC2CCCO2)C1. The molecule has 22 heavy (non-hydrogen) atoms. The number of carbonyl (C=O) groups excluding carboxylic acids is 1. The summed E-state index contributed by atoms with van der Waals surface area (Å²) in [5.74, 6) is -0.341. The summed E-state index contributed by atoms with van der Waals surface area (Å²) >= 11 is 0. The fraction of sp³-hybridized carbons (Fsp3) is 0.923. The third kappa shape index (κ3) is 5.34. The number of piperidine rings is 1. The molecule has 2 fully saturated rings. The molecule has 0 aromatic heterocycles. The van der Waals surface area contributed by atoms with Crippen LogP contribution in [0.25, 0.3) is 0 Å². The van der Waals surface area contributed by atoms with E-state index in [4.69, 9.17) is 10.5 Å². The first kappa shape index (κ1) is 19.6. The first-order valence-electron chi connectivity index (χ1n) is 7.60. The Morgan fingerprint density at radius 3 is 2.73 bits per heavy atom. The van der Waals surface area contributed by atoms with Crippen molar-refractivity contribution in [2.75, 3.05) is 38.5 Å². The largest absolute Gasteiger partial charge is 0.377 e. The van der Waals surface area contributed by atoms with Gasteiger partial charge in [0.1, 0.15) is 0 Å². The van der Waals surface area contributed by atoms with Crippen LogP contribution in [0.3, 0.4) is 0 Å². The highest BCUT2D eigenvalue weighted by molar-refractivity contribution is 7.89. The van der Waals surface area contributed by atoms with Gasteiger partial charge in [0, 0.05) is 32.8 Å². The summed E-state index contributed by atoms with van der Waals surface area (Å²) in [6, 6.07) is 0. The molecule has 2 heterocycles. The van der Waals surface area contributed by atoms with Crippen LogP contribution in [-0.4, -0.2) is 63.3 Å². The van der Waals surface area contributed by atoms with E-state index >= 15 is 0 Å². The lowest BCUT2D eigenvalue weighted by Crippen LogP contribution is -2.47. The van der Waals surface area contributed by atoms with Crippen LogP contribution < -0.4 is 11.1 Å². The van der Waals surface area contributed by atoms with E-state index in [1.807, 2.05) is 0 Å². The average Bonchev–Trinajstić information content (AvgIpc) is 2.97. The van der Waals surface area contributed by atoms with E-state index in [-0.39, 0.29) is 42.6 Å². The van der Waals surface area contributed by atoms with Gasteiger partial charge in [0.2, 0.25) is 15.9 Å². The minimum atomic E-state index is -3.35. The van der Waals surface area contributed by atoms with Crippen molar-refractivity contribution in [3.8, 4) is 0 Å². The lowest BCUT2D eigenvalue weighted by Gasteiger charge is -2.31. The van der Waals surface area contributed by atoms with E-state index in [1.54, 1.807) is 0 Å². The van der Waals surface area contributed by atoms with E-state index in [2.05, 4.69) is 5.32 Å². The summed E-state index contributed by atoms with van der Waals surface area (Å²) in [6.45, 7) is 2.23. The fourth-order valence-electron chi connectivity index (χ4n) is 2.86. The van der Waals surface area contributed by atoms with Crippen LogP contribution >= 0.6 is 12.4 Å². The summed E-state index contributed by atoms with van der Waals surface area (Å²) in [7, 11) is -3.35. The Morgan fingerprint density at radius 2 is 2.09 bits per heavy atom. The first-order chi connectivity index (χ1) is 10.0. The number of hydrogen-bond donors (Lipinski definition) is 2. The van der Waals surface area contributed by atoms with Crippen LogP contribution in [0.5, 0.6) is 0 Å². The van der Waals surface area contributed by atoms with Crippen molar-refractivity contribution < 1.29 is 17.9 Å². The zero-order chi connectivity index (χ0) is 15.3.